The lowest BCUT2D eigenvalue weighted by molar-refractivity contribution is -0.114. The van der Waals surface area contributed by atoms with Crippen molar-refractivity contribution in [2.24, 2.45) is 0 Å². The van der Waals surface area contributed by atoms with Crippen LogP contribution in [0.3, 0.4) is 0 Å². The summed E-state index contributed by atoms with van der Waals surface area (Å²) >= 11 is 1.48. The molecule has 2 N–H and O–H groups in total. The van der Waals surface area contributed by atoms with E-state index in [0.717, 1.165) is 20.9 Å². The number of aromatic nitrogens is 2. The minimum atomic E-state index is -3.74. The second-order valence-electron chi connectivity index (χ2n) is 6.24. The van der Waals surface area contributed by atoms with Crippen molar-refractivity contribution in [3.63, 3.8) is 0 Å². The molecule has 0 unspecified atom stereocenters. The summed E-state index contributed by atoms with van der Waals surface area (Å²) in [6.07, 6.45) is 1.73. The number of benzene rings is 2. The Hall–Kier alpha value is -3.30. The minimum Gasteiger partial charge on any atom is -0.326 e. The number of hydrogen-bond acceptors (Lipinski definition) is 6. The summed E-state index contributed by atoms with van der Waals surface area (Å²) in [7, 11) is -3.74. The van der Waals surface area contributed by atoms with Crippen LogP contribution in [0.4, 0.5) is 11.4 Å². The molecule has 7 nitrogen and oxygen atoms in total. The summed E-state index contributed by atoms with van der Waals surface area (Å²) in [4.78, 5) is 20.9. The number of anilines is 2. The molecule has 4 rings (SSSR count). The van der Waals surface area contributed by atoms with Crippen LogP contribution in [0.15, 0.2) is 71.8 Å². The molecule has 0 atom stereocenters. The first-order valence-electron chi connectivity index (χ1n) is 8.63. The summed E-state index contributed by atoms with van der Waals surface area (Å²) in [5.41, 5.74) is 2.70. The number of carbonyl (C=O) groups is 1. The zero-order chi connectivity index (χ0) is 20.4. The molecule has 0 aliphatic heterocycles. The fraction of sp³-hybridized carbons (Fsp3) is 0.0500. The van der Waals surface area contributed by atoms with Gasteiger partial charge in [0.1, 0.15) is 15.4 Å². The van der Waals surface area contributed by atoms with E-state index in [2.05, 4.69) is 20.0 Å². The summed E-state index contributed by atoms with van der Waals surface area (Å²) in [5.74, 6) is -0.220. The highest BCUT2D eigenvalue weighted by Gasteiger charge is 2.15. The van der Waals surface area contributed by atoms with E-state index in [0.29, 0.717) is 11.4 Å². The van der Waals surface area contributed by atoms with E-state index >= 15 is 0 Å². The molecule has 2 aromatic heterocycles. The highest BCUT2D eigenvalue weighted by molar-refractivity contribution is 7.92. The lowest BCUT2D eigenvalue weighted by atomic mass is 10.2. The van der Waals surface area contributed by atoms with Gasteiger partial charge < -0.3 is 5.32 Å². The Bertz CT molecular complexity index is 1250. The van der Waals surface area contributed by atoms with Crippen LogP contribution in [-0.4, -0.2) is 24.3 Å². The molecule has 1 amide bonds. The summed E-state index contributed by atoms with van der Waals surface area (Å²) in [6, 6.07) is 16.7. The number of pyridine rings is 1. The van der Waals surface area contributed by atoms with Gasteiger partial charge in [0.15, 0.2) is 0 Å². The van der Waals surface area contributed by atoms with E-state index in [1.54, 1.807) is 30.5 Å². The second kappa shape index (κ2) is 7.61. The summed E-state index contributed by atoms with van der Waals surface area (Å²) in [6.45, 7) is 1.39. The maximum Gasteiger partial charge on any atom is 0.261 e. The molecule has 0 radical (unpaired) electrons. The van der Waals surface area contributed by atoms with Gasteiger partial charge in [-0.25, -0.2) is 18.4 Å². The van der Waals surface area contributed by atoms with Crippen molar-refractivity contribution in [1.82, 2.24) is 9.97 Å². The maximum absolute atomic E-state index is 12.6. The van der Waals surface area contributed by atoms with Gasteiger partial charge in [-0.2, -0.15) is 0 Å². The van der Waals surface area contributed by atoms with Gasteiger partial charge in [-0.15, -0.1) is 0 Å². The number of hydrogen-bond donors (Lipinski definition) is 2. The molecule has 2 heterocycles. The molecule has 4 aromatic rings. The average Bonchev–Trinajstić information content (AvgIpc) is 3.12. The molecule has 0 bridgehead atoms. The first kappa shape index (κ1) is 19.0. The summed E-state index contributed by atoms with van der Waals surface area (Å²) in [5, 5.41) is 3.42. The van der Waals surface area contributed by atoms with E-state index in [9.17, 15) is 13.2 Å². The van der Waals surface area contributed by atoms with Gasteiger partial charge >= 0.3 is 0 Å². The van der Waals surface area contributed by atoms with Crippen LogP contribution < -0.4 is 10.0 Å². The molecule has 2 aromatic carbocycles. The van der Waals surface area contributed by atoms with Crippen LogP contribution in [0.25, 0.3) is 20.9 Å². The number of nitrogens with zero attached hydrogens (tertiary/aromatic N) is 2. The second-order valence-corrected chi connectivity index (χ2v) is 8.90. The van der Waals surface area contributed by atoms with Crippen LogP contribution in [0.1, 0.15) is 6.92 Å². The quantitative estimate of drug-likeness (QED) is 0.502. The Kier molecular flexibility index (Phi) is 4.99. The third-order valence-electron chi connectivity index (χ3n) is 4.04. The molecule has 0 saturated carbocycles. The highest BCUT2D eigenvalue weighted by Crippen LogP contribution is 2.29. The van der Waals surface area contributed by atoms with Crippen LogP contribution in [0, 0.1) is 0 Å². The summed E-state index contributed by atoms with van der Waals surface area (Å²) < 4.78 is 27.7. The topological polar surface area (TPSA) is 101 Å². The van der Waals surface area contributed by atoms with Gasteiger partial charge in [0.2, 0.25) is 5.91 Å². The molecule has 9 heteroatoms. The average molecular weight is 425 g/mol. The van der Waals surface area contributed by atoms with E-state index < -0.39 is 10.0 Å². The molecule has 0 spiro atoms. The first-order chi connectivity index (χ1) is 13.9. The van der Waals surface area contributed by atoms with E-state index in [-0.39, 0.29) is 10.8 Å². The highest BCUT2D eigenvalue weighted by atomic mass is 32.2. The van der Waals surface area contributed by atoms with E-state index in [1.807, 2.05) is 24.3 Å². The predicted octanol–water partition coefficient (Wildman–Crippen LogP) is 4.12. The van der Waals surface area contributed by atoms with Crippen molar-refractivity contribution in [3.05, 3.63) is 66.9 Å². The van der Waals surface area contributed by atoms with Gasteiger partial charge in [0.05, 0.1) is 4.90 Å². The van der Waals surface area contributed by atoms with Crippen molar-refractivity contribution in [2.75, 3.05) is 10.0 Å². The van der Waals surface area contributed by atoms with Crippen molar-refractivity contribution in [1.29, 1.82) is 0 Å². The number of fused-ring (bicyclic) bond motifs is 1. The monoisotopic (exact) mass is 424 g/mol. The molecule has 0 fully saturated rings. The van der Waals surface area contributed by atoms with Gasteiger partial charge in [0, 0.05) is 30.1 Å². The molecule has 29 heavy (non-hydrogen) atoms. The van der Waals surface area contributed by atoms with Crippen molar-refractivity contribution < 1.29 is 13.2 Å². The Labute approximate surface area is 171 Å². The predicted molar refractivity (Wildman–Crippen MR) is 114 cm³/mol. The van der Waals surface area contributed by atoms with E-state index in [1.165, 1.54) is 30.4 Å². The lowest BCUT2D eigenvalue weighted by Crippen LogP contribution is -2.13. The molecular weight excluding hydrogens is 408 g/mol. The Morgan fingerprint density at radius 1 is 0.966 bits per heavy atom. The number of nitrogens with one attached hydrogen (secondary N) is 2. The van der Waals surface area contributed by atoms with Gasteiger partial charge in [-0.05, 0) is 60.7 Å². The van der Waals surface area contributed by atoms with Crippen molar-refractivity contribution >= 4 is 49.0 Å². The Balaban J connectivity index is 1.52. The fourth-order valence-corrected chi connectivity index (χ4v) is 4.68. The molecule has 146 valence electrons. The standard InChI is InChI=1S/C20H16N4O3S2/c1-13(25)22-15-8-10-17(11-9-15)29(26,27)24-16-6-4-14(5-7-16)19-23-18-3-2-12-21-20(18)28-19/h2-12,24H,1H3,(H,22,25). The van der Waals surface area contributed by atoms with Gasteiger partial charge in [0.25, 0.3) is 10.0 Å². The fourth-order valence-electron chi connectivity index (χ4n) is 2.71. The Morgan fingerprint density at radius 3 is 2.31 bits per heavy atom. The number of carbonyl (C=O) groups excluding carboxylic acids is 1. The van der Waals surface area contributed by atoms with Crippen LogP contribution in [0.5, 0.6) is 0 Å². The smallest absolute Gasteiger partial charge is 0.261 e. The maximum atomic E-state index is 12.6. The van der Waals surface area contributed by atoms with Crippen molar-refractivity contribution in [3.8, 4) is 10.6 Å². The first-order valence-corrected chi connectivity index (χ1v) is 10.9. The van der Waals surface area contributed by atoms with Crippen LogP contribution in [-0.2, 0) is 14.8 Å². The molecule has 0 aliphatic rings. The number of rotatable bonds is 5. The van der Waals surface area contributed by atoms with E-state index in [4.69, 9.17) is 0 Å². The number of thiazole rings is 1. The van der Waals surface area contributed by atoms with Gasteiger partial charge in [-0.1, -0.05) is 11.3 Å². The SMILES string of the molecule is CC(=O)Nc1ccc(S(=O)(=O)Nc2ccc(-c3nc4cccnc4s3)cc2)cc1. The Morgan fingerprint density at radius 2 is 1.66 bits per heavy atom. The van der Waals surface area contributed by atoms with Crippen molar-refractivity contribution in [2.45, 2.75) is 11.8 Å². The molecule has 0 aliphatic carbocycles. The zero-order valence-electron chi connectivity index (χ0n) is 15.3. The minimum absolute atomic E-state index is 0.105. The number of sulfonamides is 1. The van der Waals surface area contributed by atoms with Gasteiger partial charge in [-0.3, -0.25) is 9.52 Å². The third-order valence-corrected chi connectivity index (χ3v) is 6.46. The molecule has 0 saturated heterocycles. The normalized spacial score (nSPS) is 11.3. The third kappa shape index (κ3) is 4.25. The number of amides is 1. The van der Waals surface area contributed by atoms with Crippen LogP contribution >= 0.6 is 11.3 Å². The molecular formula is C20H16N4O3S2. The van der Waals surface area contributed by atoms with Crippen LogP contribution in [0.2, 0.25) is 0 Å². The largest absolute Gasteiger partial charge is 0.326 e. The lowest BCUT2D eigenvalue weighted by Gasteiger charge is -2.09. The zero-order valence-corrected chi connectivity index (χ0v) is 16.9.